The van der Waals surface area contributed by atoms with Crippen molar-refractivity contribution < 1.29 is 13.9 Å². The maximum Gasteiger partial charge on any atom is 0.261 e. The van der Waals surface area contributed by atoms with Crippen molar-refractivity contribution in [3.05, 3.63) is 51.9 Å². The summed E-state index contributed by atoms with van der Waals surface area (Å²) < 4.78 is 24.5. The number of hydrogen-bond donors (Lipinski definition) is 0. The SMILES string of the molecule is CCCN1CCN(C(=O)c2c(=O)c3cc(F)c(N4CCOCC4)nc3n3c4ccccc4n(C)c23)CC1. The lowest BCUT2D eigenvalue weighted by atomic mass is 10.1. The molecule has 0 radical (unpaired) electrons. The van der Waals surface area contributed by atoms with Crippen LogP contribution in [-0.4, -0.2) is 88.7 Å². The lowest BCUT2D eigenvalue weighted by Crippen LogP contribution is -2.49. The van der Waals surface area contributed by atoms with Crippen molar-refractivity contribution in [2.75, 3.05) is 63.9 Å². The van der Waals surface area contributed by atoms with Crippen LogP contribution in [-0.2, 0) is 11.8 Å². The number of amides is 1. The molecule has 2 saturated heterocycles. The number of hydrogen-bond acceptors (Lipinski definition) is 6. The molecule has 9 nitrogen and oxygen atoms in total. The van der Waals surface area contributed by atoms with E-state index in [1.54, 1.807) is 4.90 Å². The molecule has 0 saturated carbocycles. The van der Waals surface area contributed by atoms with Crippen LogP contribution in [0.25, 0.3) is 27.7 Å². The van der Waals surface area contributed by atoms with E-state index in [9.17, 15) is 9.59 Å². The number of aromatic nitrogens is 3. The summed E-state index contributed by atoms with van der Waals surface area (Å²) in [4.78, 5) is 38.5. The third-order valence-electron chi connectivity index (χ3n) is 7.58. The Morgan fingerprint density at radius 2 is 1.76 bits per heavy atom. The quantitative estimate of drug-likeness (QED) is 0.424. The van der Waals surface area contributed by atoms with Crippen LogP contribution < -0.4 is 10.3 Å². The molecule has 1 aromatic carbocycles. The zero-order valence-electron chi connectivity index (χ0n) is 21.2. The molecule has 5 heterocycles. The molecule has 0 unspecified atom stereocenters. The van der Waals surface area contributed by atoms with Crippen molar-refractivity contribution in [2.45, 2.75) is 13.3 Å². The summed E-state index contributed by atoms with van der Waals surface area (Å²) >= 11 is 0. The Morgan fingerprint density at radius 1 is 1.05 bits per heavy atom. The number of morpholine rings is 1. The second-order valence-electron chi connectivity index (χ2n) is 9.81. The molecule has 0 N–H and O–H groups in total. The minimum Gasteiger partial charge on any atom is -0.378 e. The molecule has 2 fully saturated rings. The predicted octanol–water partition coefficient (Wildman–Crippen LogP) is 2.48. The number of piperazine rings is 1. The predicted molar refractivity (Wildman–Crippen MR) is 141 cm³/mol. The number of ether oxygens (including phenoxy) is 1. The van der Waals surface area contributed by atoms with Crippen LogP contribution in [0.1, 0.15) is 23.7 Å². The molecule has 0 bridgehead atoms. The van der Waals surface area contributed by atoms with Gasteiger partial charge in [-0.05, 0) is 31.2 Å². The largest absolute Gasteiger partial charge is 0.378 e. The maximum atomic E-state index is 15.4. The lowest BCUT2D eigenvalue weighted by Gasteiger charge is -2.34. The minimum absolute atomic E-state index is 0.0652. The summed E-state index contributed by atoms with van der Waals surface area (Å²) in [6, 6.07) is 8.96. The highest BCUT2D eigenvalue weighted by molar-refractivity contribution is 6.06. The van der Waals surface area contributed by atoms with Crippen LogP contribution in [0.3, 0.4) is 0 Å². The van der Waals surface area contributed by atoms with Crippen LogP contribution in [0, 0.1) is 5.82 Å². The van der Waals surface area contributed by atoms with E-state index >= 15 is 4.39 Å². The highest BCUT2D eigenvalue weighted by Gasteiger charge is 2.30. The van der Waals surface area contributed by atoms with Crippen molar-refractivity contribution in [1.82, 2.24) is 23.8 Å². The second kappa shape index (κ2) is 9.42. The van der Waals surface area contributed by atoms with Crippen molar-refractivity contribution in [2.24, 2.45) is 7.05 Å². The van der Waals surface area contributed by atoms with E-state index in [-0.39, 0.29) is 22.7 Å². The lowest BCUT2D eigenvalue weighted by molar-refractivity contribution is 0.0637. The number of carbonyl (C=O) groups is 1. The topological polar surface area (TPSA) is 75.3 Å². The summed E-state index contributed by atoms with van der Waals surface area (Å²) in [7, 11) is 1.85. The van der Waals surface area contributed by atoms with Gasteiger partial charge in [-0.15, -0.1) is 0 Å². The molecule has 4 aromatic rings. The van der Waals surface area contributed by atoms with Gasteiger partial charge in [0.25, 0.3) is 5.91 Å². The third-order valence-corrected chi connectivity index (χ3v) is 7.58. The minimum atomic E-state index is -0.571. The van der Waals surface area contributed by atoms with Crippen LogP contribution >= 0.6 is 0 Å². The summed E-state index contributed by atoms with van der Waals surface area (Å²) in [6.07, 6.45) is 1.06. The number of fused-ring (bicyclic) bond motifs is 5. The number of anilines is 1. The number of halogens is 1. The van der Waals surface area contributed by atoms with Crippen LogP contribution in [0.4, 0.5) is 10.2 Å². The summed E-state index contributed by atoms with van der Waals surface area (Å²) in [5.41, 5.74) is 2.07. The normalized spacial score (nSPS) is 17.4. The van der Waals surface area contributed by atoms with E-state index < -0.39 is 11.2 Å². The van der Waals surface area contributed by atoms with E-state index in [1.165, 1.54) is 6.07 Å². The van der Waals surface area contributed by atoms with Crippen LogP contribution in [0.5, 0.6) is 0 Å². The first kappa shape index (κ1) is 23.9. The Morgan fingerprint density at radius 3 is 2.46 bits per heavy atom. The summed E-state index contributed by atoms with van der Waals surface area (Å²) in [5, 5.41) is 0.108. The van der Waals surface area contributed by atoms with E-state index in [0.717, 1.165) is 37.1 Å². The zero-order valence-corrected chi connectivity index (χ0v) is 21.2. The highest BCUT2D eigenvalue weighted by atomic mass is 19.1. The molecule has 2 aliphatic heterocycles. The molecule has 0 spiro atoms. The van der Waals surface area contributed by atoms with Gasteiger partial charge in [0, 0.05) is 46.3 Å². The molecule has 2 aliphatic rings. The molecule has 194 valence electrons. The fourth-order valence-corrected chi connectivity index (χ4v) is 5.69. The van der Waals surface area contributed by atoms with Crippen molar-refractivity contribution in [1.29, 1.82) is 0 Å². The van der Waals surface area contributed by atoms with E-state index in [1.807, 2.05) is 45.2 Å². The molecule has 0 atom stereocenters. The Balaban J connectivity index is 1.59. The molecule has 0 aliphatic carbocycles. The Hall–Kier alpha value is -3.50. The summed E-state index contributed by atoms with van der Waals surface area (Å²) in [5.74, 6) is -0.689. The third kappa shape index (κ3) is 3.86. The number of para-hydroxylation sites is 2. The first-order valence-corrected chi connectivity index (χ1v) is 13.0. The molecule has 6 rings (SSSR count). The van der Waals surface area contributed by atoms with Crippen molar-refractivity contribution in [3.63, 3.8) is 0 Å². The molecular formula is C27H31FN6O3. The number of rotatable bonds is 4. The highest BCUT2D eigenvalue weighted by Crippen LogP contribution is 2.29. The average Bonchev–Trinajstić information content (AvgIpc) is 3.22. The van der Waals surface area contributed by atoms with Crippen molar-refractivity contribution in [3.8, 4) is 0 Å². The Labute approximate surface area is 213 Å². The molecule has 3 aromatic heterocycles. The van der Waals surface area contributed by atoms with E-state index in [4.69, 9.17) is 9.72 Å². The fourth-order valence-electron chi connectivity index (χ4n) is 5.69. The fraction of sp³-hybridized carbons (Fsp3) is 0.444. The number of aryl methyl sites for hydroxylation is 1. The van der Waals surface area contributed by atoms with Crippen LogP contribution in [0.15, 0.2) is 35.1 Å². The standard InChI is InChI=1S/C27H31FN6O3/c1-3-8-31-9-11-33(12-10-31)27(36)22-23(35)18-17-19(28)25(32-13-15-37-16-14-32)29-24(18)34-21-7-5-4-6-20(21)30(2)26(22)34/h4-7,17H,3,8-16H2,1-2H3. The van der Waals surface area contributed by atoms with E-state index in [2.05, 4.69) is 11.8 Å². The number of imidazole rings is 1. The van der Waals surface area contributed by atoms with Gasteiger partial charge in [0.15, 0.2) is 17.3 Å². The maximum absolute atomic E-state index is 15.4. The van der Waals surface area contributed by atoms with Gasteiger partial charge in [-0.1, -0.05) is 19.1 Å². The van der Waals surface area contributed by atoms with Gasteiger partial charge in [0.1, 0.15) is 11.2 Å². The Bertz CT molecular complexity index is 1560. The smallest absolute Gasteiger partial charge is 0.261 e. The van der Waals surface area contributed by atoms with Gasteiger partial charge in [-0.25, -0.2) is 9.37 Å². The monoisotopic (exact) mass is 506 g/mol. The van der Waals surface area contributed by atoms with Crippen LogP contribution in [0.2, 0.25) is 0 Å². The van der Waals surface area contributed by atoms with Gasteiger partial charge in [0.05, 0.1) is 29.6 Å². The van der Waals surface area contributed by atoms with Gasteiger partial charge in [-0.3, -0.25) is 18.9 Å². The second-order valence-corrected chi connectivity index (χ2v) is 9.81. The number of benzene rings is 1. The number of carbonyl (C=O) groups excluding carboxylic acids is 1. The molecular weight excluding hydrogens is 475 g/mol. The molecule has 37 heavy (non-hydrogen) atoms. The van der Waals surface area contributed by atoms with Crippen molar-refractivity contribution >= 4 is 39.4 Å². The van der Waals surface area contributed by atoms with Gasteiger partial charge < -0.3 is 19.1 Å². The zero-order chi connectivity index (χ0) is 25.7. The van der Waals surface area contributed by atoms with Gasteiger partial charge in [-0.2, -0.15) is 0 Å². The Kier molecular flexibility index (Phi) is 6.08. The van der Waals surface area contributed by atoms with Gasteiger partial charge >= 0.3 is 0 Å². The molecule has 1 amide bonds. The summed E-state index contributed by atoms with van der Waals surface area (Å²) in [6.45, 7) is 7.78. The average molecular weight is 507 g/mol. The van der Waals surface area contributed by atoms with E-state index in [0.29, 0.717) is 50.7 Å². The number of nitrogens with zero attached hydrogens (tertiary/aromatic N) is 6. The van der Waals surface area contributed by atoms with Gasteiger partial charge in [0.2, 0.25) is 5.43 Å². The molecule has 10 heteroatoms. The first-order chi connectivity index (χ1) is 18.0. The first-order valence-electron chi connectivity index (χ1n) is 13.0. The number of pyridine rings is 2.